The lowest BCUT2D eigenvalue weighted by Crippen LogP contribution is -2.50. The largest absolute Gasteiger partial charge is 0.338 e. The minimum atomic E-state index is -0.321. The predicted molar refractivity (Wildman–Crippen MR) is 90.2 cm³/mol. The molecule has 0 aliphatic carbocycles. The van der Waals surface area contributed by atoms with Crippen molar-refractivity contribution in [2.75, 3.05) is 31.5 Å². The zero-order valence-corrected chi connectivity index (χ0v) is 14.1. The van der Waals surface area contributed by atoms with E-state index in [1.54, 1.807) is 19.1 Å². The number of nitrogens with one attached hydrogen (secondary N) is 1. The average Bonchev–Trinajstić information content (AvgIpc) is 2.97. The van der Waals surface area contributed by atoms with E-state index < -0.39 is 0 Å². The maximum atomic E-state index is 13.5. The van der Waals surface area contributed by atoms with Gasteiger partial charge in [-0.3, -0.25) is 14.5 Å². The van der Waals surface area contributed by atoms with Crippen LogP contribution in [0, 0.1) is 12.7 Å². The Labute approximate surface area is 141 Å². The summed E-state index contributed by atoms with van der Waals surface area (Å²) in [6.45, 7) is 4.39. The Bertz CT molecular complexity index is 635. The number of anilines is 1. The third-order valence-corrected chi connectivity index (χ3v) is 4.85. The predicted octanol–water partition coefficient (Wildman–Crippen LogP) is 2.16. The Morgan fingerprint density at radius 2 is 2.17 bits per heavy atom. The first kappa shape index (κ1) is 16.9. The number of benzene rings is 1. The van der Waals surface area contributed by atoms with Crippen LogP contribution in [0.15, 0.2) is 18.2 Å². The van der Waals surface area contributed by atoms with E-state index >= 15 is 0 Å². The second kappa shape index (κ2) is 7.30. The summed E-state index contributed by atoms with van der Waals surface area (Å²) in [6.07, 6.45) is 3.58. The Hall–Kier alpha value is -1.95. The SMILES string of the molecule is Cc1ccc(NC(=O)CN2CCC[C@@H](N3CCCC3=O)C2)cc1F. The number of aryl methyl sites for hydroxylation is 1. The molecule has 1 aromatic rings. The molecule has 130 valence electrons. The van der Waals surface area contributed by atoms with Crippen LogP contribution in [0.3, 0.4) is 0 Å². The molecular weight excluding hydrogens is 309 g/mol. The highest BCUT2D eigenvalue weighted by atomic mass is 19.1. The number of rotatable bonds is 4. The van der Waals surface area contributed by atoms with Gasteiger partial charge in [0.25, 0.3) is 0 Å². The first-order valence-corrected chi connectivity index (χ1v) is 8.61. The molecule has 24 heavy (non-hydrogen) atoms. The van der Waals surface area contributed by atoms with Crippen molar-refractivity contribution in [3.05, 3.63) is 29.6 Å². The van der Waals surface area contributed by atoms with E-state index in [9.17, 15) is 14.0 Å². The lowest BCUT2D eigenvalue weighted by Gasteiger charge is -2.37. The van der Waals surface area contributed by atoms with Gasteiger partial charge in [0.15, 0.2) is 0 Å². The number of halogens is 1. The molecule has 0 spiro atoms. The van der Waals surface area contributed by atoms with E-state index in [0.29, 0.717) is 17.7 Å². The van der Waals surface area contributed by atoms with Gasteiger partial charge in [-0.15, -0.1) is 0 Å². The summed E-state index contributed by atoms with van der Waals surface area (Å²) in [5.41, 5.74) is 1.04. The summed E-state index contributed by atoms with van der Waals surface area (Å²) >= 11 is 0. The average molecular weight is 333 g/mol. The van der Waals surface area contributed by atoms with Crippen molar-refractivity contribution in [2.24, 2.45) is 0 Å². The van der Waals surface area contributed by atoms with Gasteiger partial charge in [-0.1, -0.05) is 6.07 Å². The smallest absolute Gasteiger partial charge is 0.238 e. The van der Waals surface area contributed by atoms with Gasteiger partial charge in [0, 0.05) is 31.2 Å². The number of amides is 2. The first-order valence-electron chi connectivity index (χ1n) is 8.61. The van der Waals surface area contributed by atoms with Crippen LogP contribution in [-0.2, 0) is 9.59 Å². The standard InChI is InChI=1S/C18H24FN3O2/c1-13-6-7-14(10-16(13)19)20-17(23)12-21-8-2-4-15(11-21)22-9-3-5-18(22)24/h6-7,10,15H,2-5,8-9,11-12H2,1H3,(H,20,23)/t15-/m1/s1. The second-order valence-corrected chi connectivity index (χ2v) is 6.73. The summed E-state index contributed by atoms with van der Waals surface area (Å²) in [4.78, 5) is 28.2. The Kier molecular flexibility index (Phi) is 5.14. The van der Waals surface area contributed by atoms with Gasteiger partial charge in [0.2, 0.25) is 11.8 Å². The van der Waals surface area contributed by atoms with Crippen LogP contribution in [0.2, 0.25) is 0 Å². The number of carbonyl (C=O) groups is 2. The molecule has 1 atom stereocenters. The van der Waals surface area contributed by atoms with Gasteiger partial charge in [0.1, 0.15) is 5.82 Å². The van der Waals surface area contributed by atoms with Gasteiger partial charge in [-0.05, 0) is 50.4 Å². The van der Waals surface area contributed by atoms with E-state index in [1.165, 1.54) is 6.07 Å². The van der Waals surface area contributed by atoms with Crippen LogP contribution in [0.25, 0.3) is 0 Å². The molecule has 0 radical (unpaired) electrons. The quantitative estimate of drug-likeness (QED) is 0.919. The van der Waals surface area contributed by atoms with Gasteiger partial charge in [-0.25, -0.2) is 4.39 Å². The highest BCUT2D eigenvalue weighted by Crippen LogP contribution is 2.21. The fourth-order valence-electron chi connectivity index (χ4n) is 3.56. The van der Waals surface area contributed by atoms with Gasteiger partial charge in [-0.2, -0.15) is 0 Å². The molecule has 0 saturated carbocycles. The van der Waals surface area contributed by atoms with Gasteiger partial charge < -0.3 is 10.2 Å². The van der Waals surface area contributed by atoms with Gasteiger partial charge in [0.05, 0.1) is 6.54 Å². The van der Waals surface area contributed by atoms with E-state index in [0.717, 1.165) is 38.9 Å². The molecule has 2 amide bonds. The fourth-order valence-corrected chi connectivity index (χ4v) is 3.56. The maximum Gasteiger partial charge on any atom is 0.238 e. The molecule has 0 unspecified atom stereocenters. The molecule has 0 aromatic heterocycles. The minimum absolute atomic E-state index is 0.147. The number of piperidine rings is 1. The monoisotopic (exact) mass is 333 g/mol. The topological polar surface area (TPSA) is 52.7 Å². The second-order valence-electron chi connectivity index (χ2n) is 6.73. The summed E-state index contributed by atoms with van der Waals surface area (Å²) in [7, 11) is 0. The number of hydrogen-bond donors (Lipinski definition) is 1. The van der Waals surface area contributed by atoms with E-state index in [1.807, 2.05) is 4.90 Å². The van der Waals surface area contributed by atoms with Crippen molar-refractivity contribution in [1.82, 2.24) is 9.80 Å². The minimum Gasteiger partial charge on any atom is -0.338 e. The number of hydrogen-bond acceptors (Lipinski definition) is 3. The van der Waals surface area contributed by atoms with Crippen molar-refractivity contribution >= 4 is 17.5 Å². The zero-order valence-electron chi connectivity index (χ0n) is 14.1. The number of carbonyl (C=O) groups excluding carboxylic acids is 2. The molecular formula is C18H24FN3O2. The van der Waals surface area contributed by atoms with Crippen molar-refractivity contribution in [1.29, 1.82) is 0 Å². The van der Waals surface area contributed by atoms with Crippen molar-refractivity contribution in [2.45, 2.75) is 38.6 Å². The zero-order chi connectivity index (χ0) is 17.1. The van der Waals surface area contributed by atoms with Crippen LogP contribution in [0.5, 0.6) is 0 Å². The third-order valence-electron chi connectivity index (χ3n) is 4.85. The molecule has 2 heterocycles. The first-order chi connectivity index (χ1) is 11.5. The van der Waals surface area contributed by atoms with E-state index in [4.69, 9.17) is 0 Å². The Balaban J connectivity index is 1.53. The molecule has 6 heteroatoms. The summed E-state index contributed by atoms with van der Waals surface area (Å²) < 4.78 is 13.5. The van der Waals surface area contributed by atoms with Crippen molar-refractivity contribution in [3.8, 4) is 0 Å². The lowest BCUT2D eigenvalue weighted by molar-refractivity contribution is -0.130. The maximum absolute atomic E-state index is 13.5. The molecule has 2 saturated heterocycles. The molecule has 2 fully saturated rings. The molecule has 1 aromatic carbocycles. The fraction of sp³-hybridized carbons (Fsp3) is 0.556. The number of nitrogens with zero attached hydrogens (tertiary/aromatic N) is 2. The normalized spacial score (nSPS) is 22.0. The molecule has 1 N–H and O–H groups in total. The van der Waals surface area contributed by atoms with Crippen LogP contribution in [0.4, 0.5) is 10.1 Å². The van der Waals surface area contributed by atoms with Crippen molar-refractivity contribution in [3.63, 3.8) is 0 Å². The van der Waals surface area contributed by atoms with Gasteiger partial charge >= 0.3 is 0 Å². The van der Waals surface area contributed by atoms with E-state index in [2.05, 4.69) is 10.2 Å². The molecule has 3 rings (SSSR count). The lowest BCUT2D eigenvalue weighted by atomic mass is 10.0. The molecule has 2 aliphatic heterocycles. The summed E-state index contributed by atoms with van der Waals surface area (Å²) in [6, 6.07) is 4.92. The van der Waals surface area contributed by atoms with Crippen LogP contribution < -0.4 is 5.32 Å². The van der Waals surface area contributed by atoms with Crippen molar-refractivity contribution < 1.29 is 14.0 Å². The highest BCUT2D eigenvalue weighted by molar-refractivity contribution is 5.92. The third kappa shape index (κ3) is 3.93. The van der Waals surface area contributed by atoms with Crippen LogP contribution >= 0.6 is 0 Å². The molecule has 5 nitrogen and oxygen atoms in total. The summed E-state index contributed by atoms with van der Waals surface area (Å²) in [5, 5.41) is 2.75. The summed E-state index contributed by atoms with van der Waals surface area (Å²) in [5.74, 6) is -0.230. The molecule has 0 bridgehead atoms. The Morgan fingerprint density at radius 3 is 2.88 bits per heavy atom. The number of likely N-dealkylation sites (tertiary alicyclic amines) is 2. The van der Waals surface area contributed by atoms with Crippen LogP contribution in [-0.4, -0.2) is 53.8 Å². The Morgan fingerprint density at radius 1 is 1.33 bits per heavy atom. The van der Waals surface area contributed by atoms with E-state index in [-0.39, 0.29) is 30.2 Å². The highest BCUT2D eigenvalue weighted by Gasteiger charge is 2.31. The van der Waals surface area contributed by atoms with Crippen LogP contribution in [0.1, 0.15) is 31.2 Å². The molecule has 2 aliphatic rings.